The minimum absolute atomic E-state index is 0.0784. The molecule has 0 radical (unpaired) electrons. The van der Waals surface area contributed by atoms with Crippen LogP contribution in [0, 0.1) is 0 Å². The summed E-state index contributed by atoms with van der Waals surface area (Å²) >= 11 is 6.11. The second-order valence-corrected chi connectivity index (χ2v) is 14.5. The van der Waals surface area contributed by atoms with Crippen LogP contribution < -0.4 is 5.32 Å². The zero-order valence-corrected chi connectivity index (χ0v) is 20.9. The van der Waals surface area contributed by atoms with Gasteiger partial charge in [-0.25, -0.2) is 13.1 Å². The van der Waals surface area contributed by atoms with Crippen molar-refractivity contribution in [1.82, 2.24) is 19.7 Å². The molecular formula is C18H27ClN5O8PS. The van der Waals surface area contributed by atoms with E-state index in [0.29, 0.717) is 11.2 Å². The number of hydrogen-bond donors (Lipinski definition) is 5. The smallest absolute Gasteiger partial charge is 0.346 e. The zero-order valence-electron chi connectivity index (χ0n) is 18.4. The number of anilines is 1. The Bertz CT molecular complexity index is 1230. The van der Waals surface area contributed by atoms with Gasteiger partial charge in [-0.05, 0) is 38.3 Å². The van der Waals surface area contributed by atoms with Crippen molar-refractivity contribution >= 4 is 45.9 Å². The molecule has 1 saturated carbocycles. The predicted octanol–water partition coefficient (Wildman–Crippen LogP) is 0.782. The molecule has 1 aliphatic carbocycles. The zero-order chi connectivity index (χ0) is 25.1. The first kappa shape index (κ1) is 25.7. The molecule has 0 spiro atoms. The first-order valence-electron chi connectivity index (χ1n) is 10.7. The maximum atomic E-state index is 12.7. The molecule has 2 aromatic heterocycles. The Labute approximate surface area is 200 Å². The number of ether oxygens (including phenoxy) is 1. The molecule has 1 saturated heterocycles. The standard InChI is InChI=1S/C18H27ClN5O8PS/c1-18(2,33(27,28)29)34(30,31)8-11-12(25)13(26)16(32-11)24-15-10(7-20-24)14(22-17(19)23-15)21-9-5-3-4-6-9/h7,9,11-13,16,25-26H,3-6,8H2,1-2H3,(H,21,22,23)(H2,27,28,29)/t11-,12-,13-,16-/m1/s1. The van der Waals surface area contributed by atoms with Gasteiger partial charge in [-0.15, -0.1) is 0 Å². The Kier molecular flexibility index (Phi) is 6.75. The molecule has 13 nitrogen and oxygen atoms in total. The van der Waals surface area contributed by atoms with Crippen molar-refractivity contribution in [1.29, 1.82) is 0 Å². The number of halogens is 1. The monoisotopic (exact) mass is 539 g/mol. The second kappa shape index (κ2) is 8.93. The van der Waals surface area contributed by atoms with Gasteiger partial charge in [-0.3, -0.25) is 4.57 Å². The summed E-state index contributed by atoms with van der Waals surface area (Å²) in [5.74, 6) is -0.466. The van der Waals surface area contributed by atoms with Gasteiger partial charge in [-0.2, -0.15) is 15.1 Å². The Morgan fingerprint density at radius 1 is 1.24 bits per heavy atom. The van der Waals surface area contributed by atoms with Gasteiger partial charge in [0.1, 0.15) is 24.1 Å². The van der Waals surface area contributed by atoms with E-state index in [1.54, 1.807) is 0 Å². The molecular weight excluding hydrogens is 513 g/mol. The normalized spacial score (nSPS) is 27.0. The first-order chi connectivity index (χ1) is 15.7. The summed E-state index contributed by atoms with van der Waals surface area (Å²) in [6.45, 7) is 1.80. The summed E-state index contributed by atoms with van der Waals surface area (Å²) < 4.78 is 41.6. The largest absolute Gasteiger partial charge is 0.387 e. The first-order valence-corrected chi connectivity index (χ1v) is 14.3. The summed E-state index contributed by atoms with van der Waals surface area (Å²) in [6.07, 6.45) is -0.443. The number of hydrogen-bond acceptors (Lipinski definition) is 10. The van der Waals surface area contributed by atoms with Crippen LogP contribution in [-0.2, 0) is 19.1 Å². The molecule has 5 N–H and O–H groups in total. The summed E-state index contributed by atoms with van der Waals surface area (Å²) in [5.41, 5.74) is 0.204. The maximum absolute atomic E-state index is 12.7. The number of aliphatic hydroxyl groups excluding tert-OH is 2. The minimum Gasteiger partial charge on any atom is -0.387 e. The Hall–Kier alpha value is -1.38. The van der Waals surface area contributed by atoms with E-state index in [1.807, 2.05) is 0 Å². The van der Waals surface area contributed by atoms with Crippen LogP contribution in [0.15, 0.2) is 6.20 Å². The Morgan fingerprint density at radius 3 is 2.50 bits per heavy atom. The van der Waals surface area contributed by atoms with Crippen molar-refractivity contribution in [3.05, 3.63) is 11.5 Å². The van der Waals surface area contributed by atoms with Crippen LogP contribution in [0.2, 0.25) is 5.28 Å². The van der Waals surface area contributed by atoms with Crippen molar-refractivity contribution in [2.24, 2.45) is 0 Å². The fourth-order valence-electron chi connectivity index (χ4n) is 4.13. The van der Waals surface area contributed by atoms with Crippen LogP contribution in [0.4, 0.5) is 5.82 Å². The molecule has 2 fully saturated rings. The van der Waals surface area contributed by atoms with Gasteiger partial charge in [0.25, 0.3) is 0 Å². The highest BCUT2D eigenvalue weighted by molar-refractivity contribution is 7.99. The van der Waals surface area contributed by atoms with E-state index < -0.39 is 52.2 Å². The van der Waals surface area contributed by atoms with E-state index in [1.165, 1.54) is 10.9 Å². The van der Waals surface area contributed by atoms with Gasteiger partial charge in [0.05, 0.1) is 17.3 Å². The van der Waals surface area contributed by atoms with Crippen LogP contribution in [0.3, 0.4) is 0 Å². The highest BCUT2D eigenvalue weighted by atomic mass is 35.5. The Balaban J connectivity index is 1.62. The van der Waals surface area contributed by atoms with Crippen molar-refractivity contribution in [3.63, 3.8) is 0 Å². The molecule has 3 heterocycles. The SMILES string of the molecule is CC(C)(P(=O)(O)O)S(=O)(=O)C[C@H]1O[C@@H](n2ncc3c(NC4CCCC4)nc(Cl)nc32)[C@H](O)[C@@H]1O. The number of nitrogens with zero attached hydrogens (tertiary/aromatic N) is 4. The molecule has 0 bridgehead atoms. The van der Waals surface area contributed by atoms with E-state index in [9.17, 15) is 33.0 Å². The van der Waals surface area contributed by atoms with Crippen molar-refractivity contribution in [3.8, 4) is 0 Å². The molecule has 1 aliphatic heterocycles. The molecule has 0 unspecified atom stereocenters. The molecule has 2 aliphatic rings. The summed E-state index contributed by atoms with van der Waals surface area (Å²) in [5, 5.41) is 29.0. The van der Waals surface area contributed by atoms with Crippen LogP contribution in [-0.4, -0.2) is 82.8 Å². The van der Waals surface area contributed by atoms with E-state index in [0.717, 1.165) is 39.5 Å². The number of aromatic nitrogens is 4. The van der Waals surface area contributed by atoms with E-state index >= 15 is 0 Å². The van der Waals surface area contributed by atoms with E-state index in [-0.39, 0.29) is 17.0 Å². The predicted molar refractivity (Wildman–Crippen MR) is 122 cm³/mol. The van der Waals surface area contributed by atoms with Gasteiger partial charge >= 0.3 is 7.60 Å². The summed E-state index contributed by atoms with van der Waals surface area (Å²) in [6, 6.07) is 0.222. The lowest BCUT2D eigenvalue weighted by atomic mass is 10.1. The summed E-state index contributed by atoms with van der Waals surface area (Å²) in [4.78, 5) is 27.4. The average molecular weight is 540 g/mol. The van der Waals surface area contributed by atoms with Gasteiger partial charge in [0.15, 0.2) is 26.2 Å². The third kappa shape index (κ3) is 4.46. The highest BCUT2D eigenvalue weighted by Crippen LogP contribution is 2.54. The lowest BCUT2D eigenvalue weighted by Gasteiger charge is -2.27. The third-order valence-corrected chi connectivity index (χ3v) is 12.0. The molecule has 4 atom stereocenters. The van der Waals surface area contributed by atoms with Gasteiger partial charge in [0, 0.05) is 6.04 Å². The second-order valence-electron chi connectivity index (χ2n) is 9.11. The quantitative estimate of drug-likeness (QED) is 0.245. The molecule has 2 aromatic rings. The minimum atomic E-state index is -5.05. The van der Waals surface area contributed by atoms with Gasteiger partial charge < -0.3 is 30.1 Å². The van der Waals surface area contributed by atoms with Crippen LogP contribution in [0.5, 0.6) is 0 Å². The van der Waals surface area contributed by atoms with Crippen LogP contribution in [0.25, 0.3) is 11.0 Å². The van der Waals surface area contributed by atoms with Crippen molar-refractivity contribution in [2.45, 2.75) is 74.6 Å². The molecule has 190 valence electrons. The fraction of sp³-hybridized carbons (Fsp3) is 0.722. The third-order valence-electron chi connectivity index (χ3n) is 6.55. The molecule has 4 rings (SSSR count). The van der Waals surface area contributed by atoms with Crippen molar-refractivity contribution in [2.75, 3.05) is 11.1 Å². The average Bonchev–Trinajstić information content (AvgIpc) is 3.43. The maximum Gasteiger partial charge on any atom is 0.346 e. The number of nitrogens with one attached hydrogen (secondary N) is 1. The van der Waals surface area contributed by atoms with E-state index in [2.05, 4.69) is 20.4 Å². The summed E-state index contributed by atoms with van der Waals surface area (Å²) in [7, 11) is -9.51. The Morgan fingerprint density at radius 2 is 1.88 bits per heavy atom. The number of aliphatic hydroxyl groups is 2. The highest BCUT2D eigenvalue weighted by Gasteiger charge is 2.53. The van der Waals surface area contributed by atoms with Gasteiger partial charge in [-0.1, -0.05) is 12.8 Å². The van der Waals surface area contributed by atoms with Crippen LogP contribution >= 0.6 is 19.2 Å². The van der Waals surface area contributed by atoms with Crippen LogP contribution in [0.1, 0.15) is 45.8 Å². The topological polar surface area (TPSA) is 197 Å². The van der Waals surface area contributed by atoms with E-state index in [4.69, 9.17) is 16.3 Å². The molecule has 0 amide bonds. The molecule has 34 heavy (non-hydrogen) atoms. The number of sulfone groups is 1. The number of rotatable bonds is 7. The van der Waals surface area contributed by atoms with Gasteiger partial charge in [0.2, 0.25) is 5.28 Å². The lowest BCUT2D eigenvalue weighted by molar-refractivity contribution is -0.0365. The number of fused-ring (bicyclic) bond motifs is 1. The van der Waals surface area contributed by atoms with Crippen molar-refractivity contribution < 1.29 is 37.7 Å². The lowest BCUT2D eigenvalue weighted by Crippen LogP contribution is -2.41. The molecule has 0 aromatic carbocycles. The molecule has 16 heteroatoms. The fourth-order valence-corrected chi connectivity index (χ4v) is 7.08.